The fourth-order valence-corrected chi connectivity index (χ4v) is 3.00. The molecule has 1 aromatic heterocycles. The maximum absolute atomic E-state index is 9.99. The summed E-state index contributed by atoms with van der Waals surface area (Å²) in [6, 6.07) is 0. The van der Waals surface area contributed by atoms with Gasteiger partial charge in [0.1, 0.15) is 0 Å². The number of aromatic nitrogens is 1. The second-order valence-corrected chi connectivity index (χ2v) is 5.59. The average Bonchev–Trinajstić information content (AvgIpc) is 2.50. The van der Waals surface area contributed by atoms with Crippen molar-refractivity contribution in [2.24, 2.45) is 5.92 Å². The van der Waals surface area contributed by atoms with Gasteiger partial charge >= 0.3 is 0 Å². The van der Waals surface area contributed by atoms with E-state index in [9.17, 15) is 5.11 Å². The number of hydrogen-bond donors (Lipinski definition) is 1. The van der Waals surface area contributed by atoms with E-state index >= 15 is 0 Å². The van der Waals surface area contributed by atoms with Gasteiger partial charge < -0.3 is 5.11 Å². The second kappa shape index (κ2) is 5.08. The quantitative estimate of drug-likeness (QED) is 0.785. The van der Waals surface area contributed by atoms with Crippen LogP contribution in [0.2, 0.25) is 0 Å². The highest BCUT2D eigenvalue weighted by Gasteiger charge is 2.22. The van der Waals surface area contributed by atoms with E-state index in [0.29, 0.717) is 5.92 Å². The zero-order valence-corrected chi connectivity index (χ0v) is 10.1. The fraction of sp³-hybridized carbons (Fsp3) is 0.750. The van der Waals surface area contributed by atoms with Crippen molar-refractivity contribution in [2.45, 2.75) is 51.6 Å². The SMILES string of the molecule is Cc1nc(CC2CCCCCC2O)cs1. The van der Waals surface area contributed by atoms with Crippen molar-refractivity contribution in [3.63, 3.8) is 0 Å². The first-order chi connectivity index (χ1) is 7.25. The number of thiazole rings is 1. The number of aliphatic hydroxyl groups excluding tert-OH is 1. The molecule has 2 atom stereocenters. The van der Waals surface area contributed by atoms with E-state index in [-0.39, 0.29) is 6.10 Å². The predicted molar refractivity (Wildman–Crippen MR) is 63.1 cm³/mol. The molecule has 1 N–H and O–H groups in total. The van der Waals surface area contributed by atoms with Gasteiger partial charge in [0.25, 0.3) is 0 Å². The summed E-state index contributed by atoms with van der Waals surface area (Å²) >= 11 is 1.71. The normalized spacial score (nSPS) is 27.6. The predicted octanol–water partition coefficient (Wildman–Crippen LogP) is 2.94. The zero-order chi connectivity index (χ0) is 10.7. The maximum Gasteiger partial charge on any atom is 0.0897 e. The second-order valence-electron chi connectivity index (χ2n) is 4.53. The molecule has 2 rings (SSSR count). The highest BCUT2D eigenvalue weighted by Crippen LogP contribution is 2.26. The molecule has 0 aromatic carbocycles. The van der Waals surface area contributed by atoms with Gasteiger partial charge in [-0.1, -0.05) is 19.3 Å². The highest BCUT2D eigenvalue weighted by atomic mass is 32.1. The van der Waals surface area contributed by atoms with E-state index in [4.69, 9.17) is 0 Å². The van der Waals surface area contributed by atoms with Crippen LogP contribution in [0, 0.1) is 12.8 Å². The third-order valence-corrected chi connectivity index (χ3v) is 4.08. The minimum Gasteiger partial charge on any atom is -0.393 e. The minimum atomic E-state index is -0.102. The van der Waals surface area contributed by atoms with E-state index < -0.39 is 0 Å². The van der Waals surface area contributed by atoms with Crippen molar-refractivity contribution >= 4 is 11.3 Å². The van der Waals surface area contributed by atoms with E-state index in [1.807, 2.05) is 6.92 Å². The lowest BCUT2D eigenvalue weighted by atomic mass is 9.93. The van der Waals surface area contributed by atoms with E-state index in [0.717, 1.165) is 24.3 Å². The third-order valence-electron chi connectivity index (χ3n) is 3.26. The molecule has 1 saturated carbocycles. The molecule has 1 aliphatic rings. The Labute approximate surface area is 95.4 Å². The van der Waals surface area contributed by atoms with Crippen molar-refractivity contribution in [3.8, 4) is 0 Å². The Kier molecular flexibility index (Phi) is 3.76. The van der Waals surface area contributed by atoms with Crippen LogP contribution in [0.1, 0.15) is 42.8 Å². The van der Waals surface area contributed by atoms with Gasteiger partial charge in [0, 0.05) is 5.38 Å². The monoisotopic (exact) mass is 225 g/mol. The summed E-state index contributed by atoms with van der Waals surface area (Å²) in [6.07, 6.45) is 6.74. The molecule has 1 aromatic rings. The molecule has 3 heteroatoms. The van der Waals surface area contributed by atoms with Crippen molar-refractivity contribution < 1.29 is 5.11 Å². The topological polar surface area (TPSA) is 33.1 Å². The summed E-state index contributed by atoms with van der Waals surface area (Å²) < 4.78 is 0. The number of aliphatic hydroxyl groups is 1. The average molecular weight is 225 g/mol. The highest BCUT2D eigenvalue weighted by molar-refractivity contribution is 7.09. The molecule has 0 aliphatic heterocycles. The standard InChI is InChI=1S/C12H19NOS/c1-9-13-11(8-15-9)7-10-5-3-2-4-6-12(10)14/h8,10,12,14H,2-7H2,1H3. The van der Waals surface area contributed by atoms with Crippen LogP contribution in [0.15, 0.2) is 5.38 Å². The number of aryl methyl sites for hydroxylation is 1. The van der Waals surface area contributed by atoms with Gasteiger partial charge in [-0.3, -0.25) is 0 Å². The molecule has 2 unspecified atom stereocenters. The summed E-state index contributed by atoms with van der Waals surface area (Å²) in [7, 11) is 0. The smallest absolute Gasteiger partial charge is 0.0897 e. The largest absolute Gasteiger partial charge is 0.393 e. The molecule has 0 radical (unpaired) electrons. The first kappa shape index (κ1) is 11.1. The molecular formula is C12H19NOS. The molecule has 1 fully saturated rings. The van der Waals surface area contributed by atoms with Gasteiger partial charge in [-0.15, -0.1) is 11.3 Å². The van der Waals surface area contributed by atoms with Crippen LogP contribution in [-0.2, 0) is 6.42 Å². The first-order valence-electron chi connectivity index (χ1n) is 5.85. The summed E-state index contributed by atoms with van der Waals surface area (Å²) in [5, 5.41) is 13.3. The molecule has 1 aliphatic carbocycles. The minimum absolute atomic E-state index is 0.102. The molecule has 2 nitrogen and oxygen atoms in total. The van der Waals surface area contributed by atoms with E-state index in [1.54, 1.807) is 11.3 Å². The molecule has 0 spiro atoms. The number of hydrogen-bond acceptors (Lipinski definition) is 3. The molecular weight excluding hydrogens is 206 g/mol. The summed E-state index contributed by atoms with van der Waals surface area (Å²) in [5.41, 5.74) is 1.17. The van der Waals surface area contributed by atoms with E-state index in [2.05, 4.69) is 10.4 Å². The molecule has 84 valence electrons. The Morgan fingerprint density at radius 2 is 2.20 bits per heavy atom. The summed E-state index contributed by atoms with van der Waals surface area (Å²) in [4.78, 5) is 4.48. The third kappa shape index (κ3) is 3.02. The molecule has 0 amide bonds. The van der Waals surface area contributed by atoms with Crippen LogP contribution < -0.4 is 0 Å². The molecule has 15 heavy (non-hydrogen) atoms. The van der Waals surface area contributed by atoms with E-state index in [1.165, 1.54) is 25.0 Å². The number of rotatable bonds is 2. The lowest BCUT2D eigenvalue weighted by molar-refractivity contribution is 0.100. The van der Waals surface area contributed by atoms with Crippen molar-refractivity contribution in [1.82, 2.24) is 4.98 Å². The van der Waals surface area contributed by atoms with Crippen LogP contribution in [0.5, 0.6) is 0 Å². The van der Waals surface area contributed by atoms with Crippen molar-refractivity contribution in [2.75, 3.05) is 0 Å². The van der Waals surface area contributed by atoms with Crippen LogP contribution >= 0.6 is 11.3 Å². The van der Waals surface area contributed by atoms with Crippen LogP contribution in [0.4, 0.5) is 0 Å². The lowest BCUT2D eigenvalue weighted by Gasteiger charge is -2.18. The first-order valence-corrected chi connectivity index (χ1v) is 6.73. The van der Waals surface area contributed by atoms with Crippen LogP contribution in [0.3, 0.4) is 0 Å². The van der Waals surface area contributed by atoms with Gasteiger partial charge in [0.05, 0.1) is 16.8 Å². The molecule has 0 bridgehead atoms. The zero-order valence-electron chi connectivity index (χ0n) is 9.28. The van der Waals surface area contributed by atoms with Gasteiger partial charge in [0.15, 0.2) is 0 Å². The Hall–Kier alpha value is -0.410. The van der Waals surface area contributed by atoms with Gasteiger partial charge in [0.2, 0.25) is 0 Å². The molecule has 1 heterocycles. The fourth-order valence-electron chi connectivity index (χ4n) is 2.37. The summed E-state index contributed by atoms with van der Waals surface area (Å²) in [5.74, 6) is 0.439. The summed E-state index contributed by atoms with van der Waals surface area (Å²) in [6.45, 7) is 2.04. The van der Waals surface area contributed by atoms with Crippen molar-refractivity contribution in [3.05, 3.63) is 16.1 Å². The van der Waals surface area contributed by atoms with Crippen LogP contribution in [0.25, 0.3) is 0 Å². The Morgan fingerprint density at radius 1 is 1.40 bits per heavy atom. The molecule has 0 saturated heterocycles. The van der Waals surface area contributed by atoms with Gasteiger partial charge in [-0.25, -0.2) is 4.98 Å². The Morgan fingerprint density at radius 3 is 2.93 bits per heavy atom. The lowest BCUT2D eigenvalue weighted by Crippen LogP contribution is -2.21. The Balaban J connectivity index is 1.97. The Bertz CT molecular complexity index is 310. The van der Waals surface area contributed by atoms with Gasteiger partial charge in [-0.2, -0.15) is 0 Å². The van der Waals surface area contributed by atoms with Crippen molar-refractivity contribution in [1.29, 1.82) is 0 Å². The van der Waals surface area contributed by atoms with Gasteiger partial charge in [-0.05, 0) is 32.1 Å². The van der Waals surface area contributed by atoms with Crippen LogP contribution in [-0.4, -0.2) is 16.2 Å². The number of nitrogens with zero attached hydrogens (tertiary/aromatic N) is 1. The maximum atomic E-state index is 9.99.